The number of carbonyl (C=O) groups excluding carboxylic acids is 1. The monoisotopic (exact) mass is 421 g/mol. The minimum absolute atomic E-state index is 0.168. The molecule has 1 amide bonds. The molecule has 3 heterocycles. The van der Waals surface area contributed by atoms with Gasteiger partial charge in [-0.05, 0) is 38.0 Å². The van der Waals surface area contributed by atoms with Crippen LogP contribution in [-0.2, 0) is 11.2 Å². The molecule has 1 atom stereocenters. The molecule has 0 saturated carbocycles. The lowest BCUT2D eigenvalue weighted by Crippen LogP contribution is -2.49. The van der Waals surface area contributed by atoms with Crippen LogP contribution in [0.25, 0.3) is 0 Å². The van der Waals surface area contributed by atoms with Crippen LogP contribution in [0.1, 0.15) is 28.3 Å². The first kappa shape index (κ1) is 20.3. The van der Waals surface area contributed by atoms with Gasteiger partial charge in [-0.1, -0.05) is 35.4 Å². The summed E-state index contributed by atoms with van der Waals surface area (Å²) in [5.74, 6) is 1.96. The Morgan fingerprint density at radius 3 is 2.39 bits per heavy atom. The predicted molar refractivity (Wildman–Crippen MR) is 120 cm³/mol. The Morgan fingerprint density at radius 2 is 1.65 bits per heavy atom. The van der Waals surface area contributed by atoms with Gasteiger partial charge in [-0.15, -0.1) is 0 Å². The van der Waals surface area contributed by atoms with Gasteiger partial charge in [0, 0.05) is 50.9 Å². The topological polar surface area (TPSA) is 45.2 Å². The number of cyclic esters (lactones) is 1. The van der Waals surface area contributed by atoms with Gasteiger partial charge < -0.3 is 14.4 Å². The highest BCUT2D eigenvalue weighted by atomic mass is 16.6. The van der Waals surface area contributed by atoms with Crippen LogP contribution in [0.15, 0.2) is 36.4 Å². The third-order valence-electron chi connectivity index (χ3n) is 6.75. The number of nitrogens with zero attached hydrogens (tertiary/aromatic N) is 3. The normalized spacial score (nSPS) is 21.8. The van der Waals surface area contributed by atoms with Crippen LogP contribution in [0.5, 0.6) is 11.5 Å². The SMILES string of the molecule is Cc1ccc2c(c1)CC(N1CCN(CCN3CCOC3=O)CC1)c1cc(C)ccc1O2. The van der Waals surface area contributed by atoms with E-state index in [0.717, 1.165) is 63.7 Å². The first-order valence-corrected chi connectivity index (χ1v) is 11.3. The molecule has 6 heteroatoms. The Labute approximate surface area is 184 Å². The molecule has 0 radical (unpaired) electrons. The van der Waals surface area contributed by atoms with Gasteiger partial charge in [0.1, 0.15) is 18.1 Å². The van der Waals surface area contributed by atoms with Gasteiger partial charge in [-0.2, -0.15) is 0 Å². The summed E-state index contributed by atoms with van der Waals surface area (Å²) in [7, 11) is 0. The molecule has 0 aliphatic carbocycles. The summed E-state index contributed by atoms with van der Waals surface area (Å²) in [6, 6.07) is 13.4. The van der Waals surface area contributed by atoms with Crippen molar-refractivity contribution in [2.24, 2.45) is 0 Å². The number of piperazine rings is 1. The average molecular weight is 422 g/mol. The van der Waals surface area contributed by atoms with Crippen LogP contribution in [0, 0.1) is 13.8 Å². The summed E-state index contributed by atoms with van der Waals surface area (Å²) < 4.78 is 11.4. The predicted octanol–water partition coefficient (Wildman–Crippen LogP) is 3.76. The van der Waals surface area contributed by atoms with Crippen molar-refractivity contribution < 1.29 is 14.3 Å². The second-order valence-electron chi connectivity index (χ2n) is 8.95. The van der Waals surface area contributed by atoms with Gasteiger partial charge in [0.05, 0.1) is 6.54 Å². The Balaban J connectivity index is 1.31. The zero-order valence-electron chi connectivity index (χ0n) is 18.5. The van der Waals surface area contributed by atoms with E-state index in [0.29, 0.717) is 12.6 Å². The maximum Gasteiger partial charge on any atom is 0.409 e. The number of benzene rings is 2. The van der Waals surface area contributed by atoms with E-state index in [2.05, 4.69) is 60.0 Å². The summed E-state index contributed by atoms with van der Waals surface area (Å²) in [4.78, 5) is 18.6. The lowest BCUT2D eigenvalue weighted by Gasteiger charge is -2.39. The standard InChI is InChI=1S/C25H31N3O3/c1-18-3-5-23-20(15-18)17-22(21-16-19(2)4-6-24(21)31-23)27-10-7-26(8-11-27)9-12-28-13-14-30-25(28)29/h3-6,15-16,22H,7-14,17H2,1-2H3. The van der Waals surface area contributed by atoms with Gasteiger partial charge >= 0.3 is 6.09 Å². The first-order valence-electron chi connectivity index (χ1n) is 11.3. The largest absolute Gasteiger partial charge is 0.457 e. The minimum Gasteiger partial charge on any atom is -0.457 e. The molecular weight excluding hydrogens is 390 g/mol. The highest BCUT2D eigenvalue weighted by molar-refractivity contribution is 5.69. The number of rotatable bonds is 4. The maximum absolute atomic E-state index is 11.7. The minimum atomic E-state index is -0.168. The van der Waals surface area contributed by atoms with Crippen molar-refractivity contribution in [1.29, 1.82) is 0 Å². The Bertz CT molecular complexity index is 968. The van der Waals surface area contributed by atoms with Crippen LogP contribution < -0.4 is 4.74 Å². The Kier molecular flexibility index (Phi) is 5.59. The van der Waals surface area contributed by atoms with Crippen LogP contribution in [0.3, 0.4) is 0 Å². The molecule has 2 saturated heterocycles. The molecule has 0 aromatic heterocycles. The molecule has 2 fully saturated rings. The molecule has 6 nitrogen and oxygen atoms in total. The zero-order chi connectivity index (χ0) is 21.4. The summed E-state index contributed by atoms with van der Waals surface area (Å²) >= 11 is 0. The molecule has 0 N–H and O–H groups in total. The van der Waals surface area contributed by atoms with E-state index in [1.54, 1.807) is 0 Å². The van der Waals surface area contributed by atoms with Gasteiger partial charge in [0.15, 0.2) is 0 Å². The quantitative estimate of drug-likeness (QED) is 0.752. The van der Waals surface area contributed by atoms with E-state index >= 15 is 0 Å². The van der Waals surface area contributed by atoms with E-state index < -0.39 is 0 Å². The summed E-state index contributed by atoms with van der Waals surface area (Å²) in [6.45, 7) is 11.3. The van der Waals surface area contributed by atoms with Crippen molar-refractivity contribution in [1.82, 2.24) is 14.7 Å². The van der Waals surface area contributed by atoms with Crippen molar-refractivity contribution in [2.75, 3.05) is 52.4 Å². The number of fused-ring (bicyclic) bond motifs is 2. The maximum atomic E-state index is 11.7. The molecule has 164 valence electrons. The van der Waals surface area contributed by atoms with Crippen molar-refractivity contribution >= 4 is 6.09 Å². The molecule has 0 spiro atoms. The van der Waals surface area contributed by atoms with Gasteiger partial charge in [-0.3, -0.25) is 9.80 Å². The molecule has 0 bridgehead atoms. The fourth-order valence-electron chi connectivity index (χ4n) is 4.94. The van der Waals surface area contributed by atoms with Crippen LogP contribution >= 0.6 is 0 Å². The third-order valence-corrected chi connectivity index (χ3v) is 6.75. The van der Waals surface area contributed by atoms with Gasteiger partial charge in [0.25, 0.3) is 0 Å². The van der Waals surface area contributed by atoms with E-state index in [4.69, 9.17) is 9.47 Å². The highest BCUT2D eigenvalue weighted by Gasteiger charge is 2.31. The van der Waals surface area contributed by atoms with Crippen LogP contribution in [0.2, 0.25) is 0 Å². The number of aryl methyl sites for hydroxylation is 2. The first-order chi connectivity index (χ1) is 15.1. The molecule has 3 aliphatic rings. The summed E-state index contributed by atoms with van der Waals surface area (Å²) in [6.07, 6.45) is 0.797. The van der Waals surface area contributed by atoms with E-state index in [1.165, 1.54) is 22.3 Å². The van der Waals surface area contributed by atoms with Crippen molar-refractivity contribution in [3.05, 3.63) is 58.7 Å². The molecule has 2 aromatic rings. The molecule has 1 unspecified atom stereocenters. The number of hydrogen-bond acceptors (Lipinski definition) is 5. The Hall–Kier alpha value is -2.57. The molecule has 5 rings (SSSR count). The molecule has 3 aliphatic heterocycles. The zero-order valence-corrected chi connectivity index (χ0v) is 18.5. The second kappa shape index (κ2) is 8.52. The fourth-order valence-corrected chi connectivity index (χ4v) is 4.94. The number of carbonyl (C=O) groups is 1. The lowest BCUT2D eigenvalue weighted by atomic mass is 9.95. The van der Waals surface area contributed by atoms with E-state index in [1.807, 2.05) is 4.90 Å². The Morgan fingerprint density at radius 1 is 0.903 bits per heavy atom. The average Bonchev–Trinajstić information content (AvgIpc) is 3.11. The van der Waals surface area contributed by atoms with E-state index in [9.17, 15) is 4.79 Å². The van der Waals surface area contributed by atoms with E-state index in [-0.39, 0.29) is 6.09 Å². The number of ether oxygens (including phenoxy) is 2. The summed E-state index contributed by atoms with van der Waals surface area (Å²) in [5.41, 5.74) is 5.12. The van der Waals surface area contributed by atoms with Crippen molar-refractivity contribution in [3.8, 4) is 11.5 Å². The van der Waals surface area contributed by atoms with Crippen molar-refractivity contribution in [2.45, 2.75) is 26.3 Å². The molecular formula is C25H31N3O3. The van der Waals surface area contributed by atoms with Gasteiger partial charge in [0.2, 0.25) is 0 Å². The lowest BCUT2D eigenvalue weighted by molar-refractivity contribution is 0.0898. The number of hydrogen-bond donors (Lipinski definition) is 0. The van der Waals surface area contributed by atoms with Crippen molar-refractivity contribution in [3.63, 3.8) is 0 Å². The van der Waals surface area contributed by atoms with Crippen LogP contribution in [-0.4, -0.2) is 73.2 Å². The summed E-state index contributed by atoms with van der Waals surface area (Å²) in [5, 5.41) is 0. The second-order valence-corrected chi connectivity index (χ2v) is 8.95. The van der Waals surface area contributed by atoms with Gasteiger partial charge in [-0.25, -0.2) is 4.79 Å². The third kappa shape index (κ3) is 4.27. The smallest absolute Gasteiger partial charge is 0.409 e. The molecule has 31 heavy (non-hydrogen) atoms. The van der Waals surface area contributed by atoms with Crippen LogP contribution in [0.4, 0.5) is 4.79 Å². The highest BCUT2D eigenvalue weighted by Crippen LogP contribution is 2.41. The number of amides is 1. The molecule has 2 aromatic carbocycles. The fraction of sp³-hybridized carbons (Fsp3) is 0.480.